The summed E-state index contributed by atoms with van der Waals surface area (Å²) in [6.45, 7) is 9.21. The number of likely N-dealkylation sites (tertiary alicyclic amines) is 1. The Labute approximate surface area is 216 Å². The van der Waals surface area contributed by atoms with E-state index < -0.39 is 10.0 Å². The maximum absolute atomic E-state index is 13.2. The molecular weight excluding hydrogens is 470 g/mol. The van der Waals surface area contributed by atoms with Gasteiger partial charge in [0.25, 0.3) is 10.0 Å². The second-order valence-electron chi connectivity index (χ2n) is 10.6. The molecule has 2 heterocycles. The van der Waals surface area contributed by atoms with E-state index >= 15 is 0 Å². The van der Waals surface area contributed by atoms with E-state index in [1.165, 1.54) is 12.0 Å². The number of hydrogen-bond acceptors (Lipinski definition) is 5. The molecule has 2 aromatic carbocycles. The van der Waals surface area contributed by atoms with Crippen molar-refractivity contribution in [3.8, 4) is 11.1 Å². The molecule has 0 spiro atoms. The Morgan fingerprint density at radius 1 is 1.11 bits per heavy atom. The molecular formula is C28H39N5O2S. The number of anilines is 1. The highest BCUT2D eigenvalue weighted by Crippen LogP contribution is 2.28. The van der Waals surface area contributed by atoms with Crippen molar-refractivity contribution >= 4 is 15.7 Å². The number of hydrogen-bond donors (Lipinski definition) is 1. The van der Waals surface area contributed by atoms with Gasteiger partial charge in [0.05, 0.1) is 22.0 Å². The molecule has 0 aliphatic carbocycles. The average Bonchev–Trinajstić information content (AvgIpc) is 3.39. The van der Waals surface area contributed by atoms with Crippen molar-refractivity contribution in [3.05, 3.63) is 65.5 Å². The SMILES string of the molecule is Cc1c(NS(=O)(=O)c2ccc(-c3cccc(CN4CCC(N(C)C)C4)c3)cc2)c(CC(C)C)nn1C. The summed E-state index contributed by atoms with van der Waals surface area (Å²) < 4.78 is 31.0. The Morgan fingerprint density at radius 3 is 2.47 bits per heavy atom. The Bertz CT molecular complexity index is 1300. The van der Waals surface area contributed by atoms with Gasteiger partial charge in [-0.3, -0.25) is 14.3 Å². The van der Waals surface area contributed by atoms with Crippen LogP contribution in [-0.4, -0.2) is 61.2 Å². The highest BCUT2D eigenvalue weighted by molar-refractivity contribution is 7.92. The molecule has 1 saturated heterocycles. The second-order valence-corrected chi connectivity index (χ2v) is 12.3. The van der Waals surface area contributed by atoms with Crippen molar-refractivity contribution in [1.82, 2.24) is 19.6 Å². The lowest BCUT2D eigenvalue weighted by Crippen LogP contribution is -2.31. The van der Waals surface area contributed by atoms with E-state index in [9.17, 15) is 8.42 Å². The van der Waals surface area contributed by atoms with Crippen molar-refractivity contribution in [2.45, 2.75) is 51.1 Å². The van der Waals surface area contributed by atoms with Crippen LogP contribution in [0, 0.1) is 12.8 Å². The van der Waals surface area contributed by atoms with Crippen LogP contribution in [0.2, 0.25) is 0 Å². The summed E-state index contributed by atoms with van der Waals surface area (Å²) in [7, 11) is 2.41. The number of rotatable bonds is 9. The molecule has 1 atom stereocenters. The maximum atomic E-state index is 13.2. The molecule has 0 amide bonds. The first kappa shape index (κ1) is 26.4. The molecule has 3 aromatic rings. The molecule has 36 heavy (non-hydrogen) atoms. The summed E-state index contributed by atoms with van der Waals surface area (Å²) in [5.41, 5.74) is 5.53. The molecule has 8 heteroatoms. The van der Waals surface area contributed by atoms with Crippen molar-refractivity contribution in [1.29, 1.82) is 0 Å². The lowest BCUT2D eigenvalue weighted by Gasteiger charge is -2.20. The van der Waals surface area contributed by atoms with Crippen LogP contribution in [0.3, 0.4) is 0 Å². The van der Waals surface area contributed by atoms with Crippen molar-refractivity contribution in [2.75, 3.05) is 31.9 Å². The monoisotopic (exact) mass is 509 g/mol. The summed E-state index contributed by atoms with van der Waals surface area (Å²) in [5.74, 6) is 0.373. The predicted molar refractivity (Wildman–Crippen MR) is 147 cm³/mol. The number of aromatic nitrogens is 2. The van der Waals surface area contributed by atoms with Gasteiger partial charge in [-0.25, -0.2) is 8.42 Å². The Morgan fingerprint density at radius 2 is 1.83 bits per heavy atom. The van der Waals surface area contributed by atoms with Gasteiger partial charge >= 0.3 is 0 Å². The summed E-state index contributed by atoms with van der Waals surface area (Å²) in [4.78, 5) is 5.05. The number of nitrogens with zero attached hydrogens (tertiary/aromatic N) is 4. The standard InChI is InChI=1S/C28H39N5O2S/c1-20(2)16-27-28(21(3)32(6)29-27)30-36(34,35)26-12-10-23(11-13-26)24-9-7-8-22(17-24)18-33-15-14-25(19-33)31(4)5/h7-13,17,20,25,30H,14-16,18-19H2,1-6H3. The van der Waals surface area contributed by atoms with Crippen LogP contribution in [0.15, 0.2) is 53.4 Å². The molecule has 1 aliphatic heterocycles. The molecule has 194 valence electrons. The molecule has 1 N–H and O–H groups in total. The molecule has 4 rings (SSSR count). The number of nitrogens with one attached hydrogen (secondary N) is 1. The summed E-state index contributed by atoms with van der Waals surface area (Å²) in [6.07, 6.45) is 1.91. The first-order chi connectivity index (χ1) is 17.0. The van der Waals surface area contributed by atoms with E-state index in [0.29, 0.717) is 24.1 Å². The van der Waals surface area contributed by atoms with Gasteiger partial charge in [0, 0.05) is 32.7 Å². The summed E-state index contributed by atoms with van der Waals surface area (Å²) >= 11 is 0. The highest BCUT2D eigenvalue weighted by atomic mass is 32.2. The molecule has 7 nitrogen and oxygen atoms in total. The van der Waals surface area contributed by atoms with E-state index in [1.807, 2.05) is 26.1 Å². The van der Waals surface area contributed by atoms with Gasteiger partial charge in [0.15, 0.2) is 0 Å². The molecule has 1 unspecified atom stereocenters. The average molecular weight is 510 g/mol. The highest BCUT2D eigenvalue weighted by Gasteiger charge is 2.24. The van der Waals surface area contributed by atoms with Gasteiger partial charge < -0.3 is 4.90 Å². The third-order valence-corrected chi connectivity index (χ3v) is 8.42. The molecule has 0 saturated carbocycles. The Hall–Kier alpha value is -2.68. The minimum atomic E-state index is -3.73. The van der Waals surface area contributed by atoms with Gasteiger partial charge in [-0.1, -0.05) is 44.2 Å². The minimum absolute atomic E-state index is 0.243. The zero-order valence-electron chi connectivity index (χ0n) is 22.3. The molecule has 0 radical (unpaired) electrons. The second kappa shape index (κ2) is 10.7. The first-order valence-corrected chi connectivity index (χ1v) is 14.1. The van der Waals surface area contributed by atoms with Crippen LogP contribution >= 0.6 is 0 Å². The zero-order valence-corrected chi connectivity index (χ0v) is 23.1. The number of aryl methyl sites for hydroxylation is 1. The van der Waals surface area contributed by atoms with Crippen LogP contribution in [0.25, 0.3) is 11.1 Å². The topological polar surface area (TPSA) is 70.5 Å². The van der Waals surface area contributed by atoms with Crippen molar-refractivity contribution < 1.29 is 8.42 Å². The predicted octanol–water partition coefficient (Wildman–Crippen LogP) is 4.53. The van der Waals surface area contributed by atoms with E-state index in [2.05, 4.69) is 71.8 Å². The quantitative estimate of drug-likeness (QED) is 0.459. The number of sulfonamides is 1. The van der Waals surface area contributed by atoms with Gasteiger partial charge in [-0.15, -0.1) is 0 Å². The summed E-state index contributed by atoms with van der Waals surface area (Å²) in [6, 6.07) is 16.3. The fraction of sp³-hybridized carbons (Fsp3) is 0.464. The minimum Gasteiger partial charge on any atom is -0.305 e. The van der Waals surface area contributed by atoms with Crippen LogP contribution < -0.4 is 4.72 Å². The van der Waals surface area contributed by atoms with E-state index in [1.54, 1.807) is 16.8 Å². The van der Waals surface area contributed by atoms with Crippen LogP contribution in [0.4, 0.5) is 5.69 Å². The molecule has 1 aliphatic rings. The van der Waals surface area contributed by atoms with E-state index in [-0.39, 0.29) is 4.90 Å². The maximum Gasteiger partial charge on any atom is 0.262 e. The lowest BCUT2D eigenvalue weighted by molar-refractivity contribution is 0.264. The molecule has 0 bridgehead atoms. The van der Waals surface area contributed by atoms with Crippen molar-refractivity contribution in [3.63, 3.8) is 0 Å². The van der Waals surface area contributed by atoms with Gasteiger partial charge in [0.1, 0.15) is 0 Å². The summed E-state index contributed by atoms with van der Waals surface area (Å²) in [5, 5.41) is 4.52. The van der Waals surface area contributed by atoms with E-state index in [0.717, 1.165) is 42.1 Å². The van der Waals surface area contributed by atoms with Crippen LogP contribution in [-0.2, 0) is 30.0 Å². The smallest absolute Gasteiger partial charge is 0.262 e. The Kier molecular flexibility index (Phi) is 7.87. The zero-order chi connectivity index (χ0) is 26.0. The van der Waals surface area contributed by atoms with Gasteiger partial charge in [0.2, 0.25) is 0 Å². The third-order valence-electron chi connectivity index (χ3n) is 7.05. The van der Waals surface area contributed by atoms with Gasteiger partial charge in [-0.2, -0.15) is 5.10 Å². The Balaban J connectivity index is 1.49. The normalized spacial score (nSPS) is 16.8. The fourth-order valence-electron chi connectivity index (χ4n) is 4.84. The number of likely N-dealkylation sites (N-methyl/N-ethyl adjacent to an activating group) is 1. The van der Waals surface area contributed by atoms with Gasteiger partial charge in [-0.05, 0) is 74.7 Å². The van der Waals surface area contributed by atoms with E-state index in [4.69, 9.17) is 0 Å². The fourth-order valence-corrected chi connectivity index (χ4v) is 5.99. The molecule has 1 fully saturated rings. The van der Waals surface area contributed by atoms with Crippen molar-refractivity contribution in [2.24, 2.45) is 13.0 Å². The van der Waals surface area contributed by atoms with Crippen LogP contribution in [0.5, 0.6) is 0 Å². The number of benzene rings is 2. The first-order valence-electron chi connectivity index (χ1n) is 12.7. The lowest BCUT2D eigenvalue weighted by atomic mass is 10.0. The largest absolute Gasteiger partial charge is 0.305 e. The third kappa shape index (κ3) is 5.99. The van der Waals surface area contributed by atoms with Crippen LogP contribution in [0.1, 0.15) is 37.2 Å². The molecule has 1 aromatic heterocycles.